The highest BCUT2D eigenvalue weighted by Crippen LogP contribution is 2.14. The number of nitrogens with zero attached hydrogens (tertiary/aromatic N) is 1. The highest BCUT2D eigenvalue weighted by molar-refractivity contribution is 5.82. The Hall–Kier alpha value is -0.700. The van der Waals surface area contributed by atoms with Crippen molar-refractivity contribution in [3.05, 3.63) is 0 Å². The smallest absolute Gasteiger partial charge is 0.149 e. The minimum Gasteiger partial charge on any atom is -0.299 e. The first-order valence-electron chi connectivity index (χ1n) is 9.70. The van der Waals surface area contributed by atoms with Crippen LogP contribution in [0, 0.1) is 11.8 Å². The van der Waals surface area contributed by atoms with Gasteiger partial charge in [0.25, 0.3) is 0 Å². The lowest BCUT2D eigenvalue weighted by atomic mass is 9.96. The number of likely N-dealkylation sites (N-methyl/N-ethyl adjacent to an activating group) is 1. The number of carbonyl (C=O) groups is 2. The van der Waals surface area contributed by atoms with E-state index in [4.69, 9.17) is 0 Å². The van der Waals surface area contributed by atoms with Gasteiger partial charge in [-0.3, -0.25) is 14.5 Å². The van der Waals surface area contributed by atoms with Crippen molar-refractivity contribution >= 4 is 11.6 Å². The largest absolute Gasteiger partial charge is 0.299 e. The molecule has 0 saturated heterocycles. The topological polar surface area (TPSA) is 37.4 Å². The summed E-state index contributed by atoms with van der Waals surface area (Å²) in [6.45, 7) is 12.6. The zero-order chi connectivity index (χ0) is 17.7. The summed E-state index contributed by atoms with van der Waals surface area (Å²) in [7, 11) is 0. The van der Waals surface area contributed by atoms with Gasteiger partial charge in [0, 0.05) is 18.3 Å². The van der Waals surface area contributed by atoms with Crippen LogP contribution in [-0.2, 0) is 9.59 Å². The Labute approximate surface area is 144 Å². The van der Waals surface area contributed by atoms with E-state index in [0.29, 0.717) is 18.1 Å². The lowest BCUT2D eigenvalue weighted by Gasteiger charge is -2.21. The Morgan fingerprint density at radius 1 is 0.870 bits per heavy atom. The zero-order valence-corrected chi connectivity index (χ0v) is 16.2. The van der Waals surface area contributed by atoms with Crippen LogP contribution in [0.3, 0.4) is 0 Å². The first kappa shape index (κ1) is 22.3. The molecule has 0 bridgehead atoms. The van der Waals surface area contributed by atoms with Crippen LogP contribution in [0.25, 0.3) is 0 Å². The number of Topliss-reactive ketones (excluding diaryl/α,β-unsaturated/α-hetero) is 2. The first-order chi connectivity index (χ1) is 10.9. The number of rotatable bonds is 15. The fourth-order valence-electron chi connectivity index (χ4n) is 2.68. The van der Waals surface area contributed by atoms with E-state index >= 15 is 0 Å². The Bertz CT molecular complexity index is 326. The highest BCUT2D eigenvalue weighted by Gasteiger charge is 2.15. The van der Waals surface area contributed by atoms with Crippen molar-refractivity contribution in [2.24, 2.45) is 11.8 Å². The molecule has 136 valence electrons. The molecule has 0 spiro atoms. The second-order valence-electron chi connectivity index (χ2n) is 7.16. The molecule has 0 fully saturated rings. The van der Waals surface area contributed by atoms with Crippen molar-refractivity contribution in [2.75, 3.05) is 19.6 Å². The molecule has 23 heavy (non-hydrogen) atoms. The van der Waals surface area contributed by atoms with Crippen LogP contribution in [-0.4, -0.2) is 36.1 Å². The third-order valence-corrected chi connectivity index (χ3v) is 4.66. The quantitative estimate of drug-likeness (QED) is 0.403. The Kier molecular flexibility index (Phi) is 13.3. The third-order valence-electron chi connectivity index (χ3n) is 4.66. The van der Waals surface area contributed by atoms with Gasteiger partial charge < -0.3 is 0 Å². The summed E-state index contributed by atoms with van der Waals surface area (Å²) in [5, 5.41) is 0. The summed E-state index contributed by atoms with van der Waals surface area (Å²) in [4.78, 5) is 26.1. The van der Waals surface area contributed by atoms with Crippen LogP contribution >= 0.6 is 0 Å². The van der Waals surface area contributed by atoms with Crippen LogP contribution in [0.15, 0.2) is 0 Å². The maximum Gasteiger partial charge on any atom is 0.149 e. The molecule has 0 aliphatic heterocycles. The summed E-state index contributed by atoms with van der Waals surface area (Å²) in [6, 6.07) is 0. The van der Waals surface area contributed by atoms with Gasteiger partial charge in [-0.2, -0.15) is 0 Å². The summed E-state index contributed by atoms with van der Waals surface area (Å²) in [5.41, 5.74) is 0. The molecule has 0 aromatic carbocycles. The molecule has 0 aromatic rings. The van der Waals surface area contributed by atoms with Gasteiger partial charge in [0.2, 0.25) is 0 Å². The van der Waals surface area contributed by atoms with Crippen molar-refractivity contribution in [1.82, 2.24) is 4.90 Å². The SMILES string of the molecule is CCCCCCCC(=O)C(C)CCCN(CC)CC(=O)C(C)C. The summed E-state index contributed by atoms with van der Waals surface area (Å²) in [5.74, 6) is 1.00. The van der Waals surface area contributed by atoms with Gasteiger partial charge in [-0.1, -0.05) is 60.3 Å². The van der Waals surface area contributed by atoms with E-state index in [2.05, 4.69) is 25.7 Å². The van der Waals surface area contributed by atoms with Crippen molar-refractivity contribution < 1.29 is 9.59 Å². The average molecular weight is 326 g/mol. The maximum absolute atomic E-state index is 12.1. The van der Waals surface area contributed by atoms with E-state index in [1.807, 2.05) is 13.8 Å². The van der Waals surface area contributed by atoms with Gasteiger partial charge >= 0.3 is 0 Å². The van der Waals surface area contributed by atoms with E-state index in [9.17, 15) is 9.59 Å². The van der Waals surface area contributed by atoms with Gasteiger partial charge in [-0.15, -0.1) is 0 Å². The van der Waals surface area contributed by atoms with Crippen molar-refractivity contribution in [2.45, 2.75) is 86.0 Å². The van der Waals surface area contributed by atoms with Gasteiger partial charge in [0.05, 0.1) is 6.54 Å². The molecule has 0 aromatic heterocycles. The molecule has 0 rings (SSSR count). The Morgan fingerprint density at radius 2 is 1.52 bits per heavy atom. The number of carbonyl (C=O) groups excluding carboxylic acids is 2. The number of hydrogen-bond donors (Lipinski definition) is 0. The van der Waals surface area contributed by atoms with Crippen LogP contribution in [0.5, 0.6) is 0 Å². The first-order valence-corrected chi connectivity index (χ1v) is 9.70. The summed E-state index contributed by atoms with van der Waals surface area (Å²) >= 11 is 0. The van der Waals surface area contributed by atoms with E-state index in [0.717, 1.165) is 38.8 Å². The predicted octanol–water partition coefficient (Wildman–Crippen LogP) is 4.88. The highest BCUT2D eigenvalue weighted by atomic mass is 16.1. The molecule has 1 unspecified atom stereocenters. The van der Waals surface area contributed by atoms with E-state index < -0.39 is 0 Å². The molecule has 1 atom stereocenters. The van der Waals surface area contributed by atoms with Crippen LogP contribution in [0.1, 0.15) is 86.0 Å². The Morgan fingerprint density at radius 3 is 2.09 bits per heavy atom. The van der Waals surface area contributed by atoms with E-state index in [1.165, 1.54) is 25.7 Å². The lowest BCUT2D eigenvalue weighted by molar-refractivity contribution is -0.124. The molecule has 0 radical (unpaired) electrons. The maximum atomic E-state index is 12.1. The molecule has 0 aliphatic rings. The fraction of sp³-hybridized carbons (Fsp3) is 0.900. The van der Waals surface area contributed by atoms with Gasteiger partial charge in [-0.25, -0.2) is 0 Å². The molecule has 0 aliphatic carbocycles. The van der Waals surface area contributed by atoms with Crippen LogP contribution < -0.4 is 0 Å². The molecular weight excluding hydrogens is 286 g/mol. The van der Waals surface area contributed by atoms with Crippen LogP contribution in [0.4, 0.5) is 0 Å². The van der Waals surface area contributed by atoms with Gasteiger partial charge in [-0.05, 0) is 32.4 Å². The molecule has 0 N–H and O–H groups in total. The normalized spacial score (nSPS) is 12.8. The van der Waals surface area contributed by atoms with Crippen molar-refractivity contribution in [3.8, 4) is 0 Å². The minimum atomic E-state index is 0.109. The number of unbranched alkanes of at least 4 members (excludes halogenated alkanes) is 4. The standard InChI is InChI=1S/C20H39NO2/c1-6-8-9-10-11-14-19(22)18(5)13-12-15-21(7-2)16-20(23)17(3)4/h17-18H,6-16H2,1-5H3. The molecular formula is C20H39NO2. The molecule has 3 nitrogen and oxygen atoms in total. The van der Waals surface area contributed by atoms with E-state index in [1.54, 1.807) is 0 Å². The predicted molar refractivity (Wildman–Crippen MR) is 98.7 cm³/mol. The van der Waals surface area contributed by atoms with E-state index in [-0.39, 0.29) is 11.8 Å². The van der Waals surface area contributed by atoms with Gasteiger partial charge in [0.1, 0.15) is 11.6 Å². The van der Waals surface area contributed by atoms with Crippen molar-refractivity contribution in [3.63, 3.8) is 0 Å². The number of hydrogen-bond acceptors (Lipinski definition) is 3. The zero-order valence-electron chi connectivity index (χ0n) is 16.2. The molecule has 3 heteroatoms. The fourth-order valence-corrected chi connectivity index (χ4v) is 2.68. The molecule has 0 amide bonds. The Balaban J connectivity index is 3.87. The minimum absolute atomic E-state index is 0.109. The summed E-state index contributed by atoms with van der Waals surface area (Å²) in [6.07, 6.45) is 8.72. The second kappa shape index (κ2) is 13.7. The molecule has 0 heterocycles. The second-order valence-corrected chi connectivity index (χ2v) is 7.16. The summed E-state index contributed by atoms with van der Waals surface area (Å²) < 4.78 is 0. The number of ketones is 2. The van der Waals surface area contributed by atoms with Crippen LogP contribution in [0.2, 0.25) is 0 Å². The monoisotopic (exact) mass is 325 g/mol. The third kappa shape index (κ3) is 11.5. The molecule has 0 saturated carbocycles. The lowest BCUT2D eigenvalue weighted by Crippen LogP contribution is -2.33. The van der Waals surface area contributed by atoms with Gasteiger partial charge in [0.15, 0.2) is 0 Å². The van der Waals surface area contributed by atoms with Crippen molar-refractivity contribution in [1.29, 1.82) is 0 Å². The average Bonchev–Trinajstić information content (AvgIpc) is 2.52.